The van der Waals surface area contributed by atoms with E-state index in [1.54, 1.807) is 13.8 Å². The number of hydrogen-bond acceptors (Lipinski definition) is 5. The van der Waals surface area contributed by atoms with Crippen LogP contribution in [0.2, 0.25) is 0 Å². The van der Waals surface area contributed by atoms with Gasteiger partial charge in [0.2, 0.25) is 5.43 Å². The third-order valence-electron chi connectivity index (χ3n) is 4.25. The largest absolute Gasteiger partial charge is 0.477 e. The topological polar surface area (TPSA) is 113 Å². The first-order valence-corrected chi connectivity index (χ1v) is 8.46. The zero-order valence-electron chi connectivity index (χ0n) is 14.0. The number of pyridine rings is 2. The molecule has 2 heterocycles. The zero-order chi connectivity index (χ0) is 19.0. The minimum atomic E-state index is -1.22. The Kier molecular flexibility index (Phi) is 4.90. The van der Waals surface area contributed by atoms with Crippen molar-refractivity contribution >= 4 is 32.9 Å². The van der Waals surface area contributed by atoms with Gasteiger partial charge in [-0.05, 0) is 31.0 Å². The van der Waals surface area contributed by atoms with Crippen molar-refractivity contribution in [2.24, 2.45) is 0 Å². The van der Waals surface area contributed by atoms with E-state index in [1.165, 1.54) is 0 Å². The van der Waals surface area contributed by atoms with E-state index in [-0.39, 0.29) is 23.4 Å². The Morgan fingerprint density at radius 2 is 2.00 bits per heavy atom. The van der Waals surface area contributed by atoms with Crippen LogP contribution in [0.3, 0.4) is 0 Å². The number of carboxylic acids is 1. The second-order valence-corrected chi connectivity index (χ2v) is 6.65. The fraction of sp³-hybridized carbons (Fsp3) is 0.167. The van der Waals surface area contributed by atoms with E-state index in [2.05, 4.69) is 30.8 Å². The van der Waals surface area contributed by atoms with Crippen LogP contribution in [0.1, 0.15) is 27.3 Å². The Hall–Kier alpha value is -2.55. The number of benzene rings is 1. The monoisotopic (exact) mass is 418 g/mol. The highest BCUT2D eigenvalue weighted by Crippen LogP contribution is 2.35. The van der Waals surface area contributed by atoms with Crippen LogP contribution >= 0.6 is 15.9 Å². The van der Waals surface area contributed by atoms with Crippen molar-refractivity contribution in [2.75, 3.05) is 0 Å². The number of nitrogens with one attached hydrogen (secondary N) is 1. The second kappa shape index (κ2) is 6.99. The predicted molar refractivity (Wildman–Crippen MR) is 99.4 cm³/mol. The number of fused-ring (bicyclic) bond motifs is 1. The molecule has 2 aromatic heterocycles. The molecule has 3 rings (SSSR count). The molecule has 0 bridgehead atoms. The molecule has 0 saturated heterocycles. The van der Waals surface area contributed by atoms with E-state index in [1.807, 2.05) is 24.3 Å². The van der Waals surface area contributed by atoms with Crippen molar-refractivity contribution in [1.82, 2.24) is 9.97 Å². The molecule has 0 amide bonds. The Labute approximate surface area is 156 Å². The third-order valence-corrected chi connectivity index (χ3v) is 4.94. The van der Waals surface area contributed by atoms with Crippen molar-refractivity contribution in [3.8, 4) is 11.1 Å². The number of H-pyrrole nitrogens is 1. The lowest BCUT2D eigenvalue weighted by atomic mass is 9.96. The smallest absolute Gasteiger partial charge is 0.354 e. The molecule has 0 aliphatic carbocycles. The molecule has 0 atom stereocenters. The highest BCUT2D eigenvalue weighted by molar-refractivity contribution is 9.10. The summed E-state index contributed by atoms with van der Waals surface area (Å²) in [6, 6.07) is 7.33. The van der Waals surface area contributed by atoms with Gasteiger partial charge in [0.25, 0.3) is 0 Å². The van der Waals surface area contributed by atoms with Crippen LogP contribution in [0.4, 0.5) is 0 Å². The van der Waals surface area contributed by atoms with E-state index in [0.29, 0.717) is 22.3 Å². The van der Waals surface area contributed by atoms with E-state index in [9.17, 15) is 14.7 Å². The van der Waals surface area contributed by atoms with Crippen LogP contribution in [-0.4, -0.2) is 26.3 Å². The van der Waals surface area contributed by atoms with Gasteiger partial charge < -0.3 is 10.1 Å². The first kappa shape index (κ1) is 18.2. The van der Waals surface area contributed by atoms with Gasteiger partial charge in [0.1, 0.15) is 12.1 Å². The summed E-state index contributed by atoms with van der Waals surface area (Å²) in [7, 11) is 0. The number of halogens is 1. The number of aromatic amines is 1. The number of aromatic carboxylic acids is 1. The van der Waals surface area contributed by atoms with Crippen LogP contribution in [0, 0.1) is 13.8 Å². The average molecular weight is 419 g/mol. The van der Waals surface area contributed by atoms with Gasteiger partial charge in [-0.3, -0.25) is 10.1 Å². The number of aryl methyl sites for hydroxylation is 1. The number of rotatable bonds is 4. The Bertz CT molecular complexity index is 1090. The van der Waals surface area contributed by atoms with Gasteiger partial charge in [-0.25, -0.2) is 14.7 Å². The van der Waals surface area contributed by atoms with Gasteiger partial charge in [-0.2, -0.15) is 0 Å². The highest BCUT2D eigenvalue weighted by atomic mass is 79.9. The van der Waals surface area contributed by atoms with Gasteiger partial charge in [0.05, 0.1) is 5.52 Å². The lowest BCUT2D eigenvalue weighted by molar-refractivity contribution is -0.253. The summed E-state index contributed by atoms with van der Waals surface area (Å²) in [5, 5.41) is 18.3. The maximum atomic E-state index is 12.8. The van der Waals surface area contributed by atoms with Crippen molar-refractivity contribution in [3.63, 3.8) is 0 Å². The van der Waals surface area contributed by atoms with Gasteiger partial charge in [0.15, 0.2) is 5.69 Å². The number of carbonyl (C=O) groups is 1. The number of nitrogens with zero attached hydrogens (tertiary/aromatic N) is 1. The fourth-order valence-corrected chi connectivity index (χ4v) is 3.47. The molecule has 0 fully saturated rings. The molecule has 1 aromatic carbocycles. The maximum absolute atomic E-state index is 12.8. The standard InChI is InChI=1S/C18H15BrN2O5/c1-8-13(10-5-3-4-6-12(10)19)15-16(21-14(8)18(23)24)17(22)11(7-26-25)9(2)20-15/h3-6,25H,7H2,1-2H3,(H,20,22)(H,23,24). The Balaban J connectivity index is 2.54. The molecule has 0 spiro atoms. The summed E-state index contributed by atoms with van der Waals surface area (Å²) in [5.41, 5.74) is 2.19. The quantitative estimate of drug-likeness (QED) is 0.440. The fourth-order valence-electron chi connectivity index (χ4n) is 2.99. The van der Waals surface area contributed by atoms with E-state index < -0.39 is 11.4 Å². The maximum Gasteiger partial charge on any atom is 0.354 e. The number of aromatic nitrogens is 2. The zero-order valence-corrected chi connectivity index (χ0v) is 15.5. The van der Waals surface area contributed by atoms with Gasteiger partial charge >= 0.3 is 5.97 Å². The van der Waals surface area contributed by atoms with E-state index >= 15 is 0 Å². The van der Waals surface area contributed by atoms with Crippen molar-refractivity contribution in [1.29, 1.82) is 0 Å². The van der Waals surface area contributed by atoms with Crippen LogP contribution < -0.4 is 5.43 Å². The molecule has 0 radical (unpaired) electrons. The van der Waals surface area contributed by atoms with E-state index in [4.69, 9.17) is 5.26 Å². The minimum absolute atomic E-state index is 0.0172. The first-order chi connectivity index (χ1) is 12.4. The molecule has 0 aliphatic rings. The average Bonchev–Trinajstić information content (AvgIpc) is 2.59. The van der Waals surface area contributed by atoms with Crippen LogP contribution in [0.25, 0.3) is 22.2 Å². The SMILES string of the molecule is Cc1[nH]c2c(-c3ccccc3Br)c(C)c(C(=O)O)nc2c(=O)c1COO. The first-order valence-electron chi connectivity index (χ1n) is 7.67. The molecule has 3 aromatic rings. The molecule has 0 unspecified atom stereocenters. The molecule has 26 heavy (non-hydrogen) atoms. The molecule has 0 aliphatic heterocycles. The summed E-state index contributed by atoms with van der Waals surface area (Å²) in [6.45, 7) is 3.02. The minimum Gasteiger partial charge on any atom is -0.477 e. The normalized spacial score (nSPS) is 11.1. The third kappa shape index (κ3) is 2.92. The highest BCUT2D eigenvalue weighted by Gasteiger charge is 2.22. The van der Waals surface area contributed by atoms with Gasteiger partial charge in [-0.15, -0.1) is 0 Å². The van der Waals surface area contributed by atoms with Gasteiger partial charge in [-0.1, -0.05) is 34.1 Å². The molecular weight excluding hydrogens is 404 g/mol. The molecule has 134 valence electrons. The molecular formula is C18H15BrN2O5. The Morgan fingerprint density at radius 3 is 2.62 bits per heavy atom. The van der Waals surface area contributed by atoms with Crippen LogP contribution in [0.15, 0.2) is 33.5 Å². The van der Waals surface area contributed by atoms with Crippen LogP contribution in [-0.2, 0) is 11.5 Å². The molecule has 8 heteroatoms. The second-order valence-electron chi connectivity index (χ2n) is 5.80. The van der Waals surface area contributed by atoms with Gasteiger partial charge in [0, 0.05) is 21.3 Å². The predicted octanol–water partition coefficient (Wildman–Crippen LogP) is 3.66. The van der Waals surface area contributed by atoms with Crippen LogP contribution in [0.5, 0.6) is 0 Å². The summed E-state index contributed by atoms with van der Waals surface area (Å²) < 4.78 is 0.758. The summed E-state index contributed by atoms with van der Waals surface area (Å²) in [6.07, 6.45) is 0. The lowest BCUT2D eigenvalue weighted by Gasteiger charge is -2.15. The molecule has 0 saturated carbocycles. The Morgan fingerprint density at radius 1 is 1.31 bits per heavy atom. The summed E-state index contributed by atoms with van der Waals surface area (Å²) in [4.78, 5) is 35.8. The molecule has 3 N–H and O–H groups in total. The van der Waals surface area contributed by atoms with Crippen molar-refractivity contribution in [3.05, 3.63) is 61.5 Å². The molecule has 7 nitrogen and oxygen atoms in total. The number of hydrogen-bond donors (Lipinski definition) is 3. The summed E-state index contributed by atoms with van der Waals surface area (Å²) >= 11 is 3.48. The van der Waals surface area contributed by atoms with E-state index in [0.717, 1.165) is 10.0 Å². The number of carboxylic acid groups (broad SMARTS) is 1. The van der Waals surface area contributed by atoms with Crippen molar-refractivity contribution in [2.45, 2.75) is 20.5 Å². The summed E-state index contributed by atoms with van der Waals surface area (Å²) in [5.74, 6) is -1.22. The lowest BCUT2D eigenvalue weighted by Crippen LogP contribution is -2.18. The van der Waals surface area contributed by atoms with Crippen molar-refractivity contribution < 1.29 is 20.0 Å².